The fraction of sp³-hybridized carbons (Fsp3) is 0.769. The van der Waals surface area contributed by atoms with Gasteiger partial charge in [-0.1, -0.05) is 45.6 Å². The van der Waals surface area contributed by atoms with Crippen molar-refractivity contribution in [2.24, 2.45) is 5.92 Å². The monoisotopic (exact) mass is 212 g/mol. The minimum atomic E-state index is -0.0922. The highest BCUT2D eigenvalue weighted by Gasteiger charge is 2.11. The highest BCUT2D eigenvalue weighted by Crippen LogP contribution is 2.07. The topological polar surface area (TPSA) is 26.3 Å². The average molecular weight is 212 g/mol. The lowest BCUT2D eigenvalue weighted by molar-refractivity contribution is -0.147. The zero-order valence-electron chi connectivity index (χ0n) is 10.1. The molecule has 2 heteroatoms. The predicted octanol–water partition coefficient (Wildman–Crippen LogP) is 3.71. The summed E-state index contributed by atoms with van der Waals surface area (Å²) in [4.78, 5) is 11.4. The normalized spacial score (nSPS) is 12.1. The lowest BCUT2D eigenvalue weighted by atomic mass is 10.1. The van der Waals surface area contributed by atoms with Gasteiger partial charge in [-0.05, 0) is 12.8 Å². The molecule has 0 aliphatic heterocycles. The number of esters is 1. The zero-order chi connectivity index (χ0) is 11.5. The summed E-state index contributed by atoms with van der Waals surface area (Å²) in [6.07, 6.45) is 8.39. The first kappa shape index (κ1) is 14.2. The summed E-state index contributed by atoms with van der Waals surface area (Å²) < 4.78 is 5.15. The van der Waals surface area contributed by atoms with Crippen LogP contribution >= 0.6 is 0 Å². The van der Waals surface area contributed by atoms with Crippen LogP contribution in [0.25, 0.3) is 0 Å². The Bertz CT molecular complexity index is 175. The molecule has 0 aliphatic rings. The summed E-state index contributed by atoms with van der Waals surface area (Å²) in [7, 11) is 0. The van der Waals surface area contributed by atoms with Gasteiger partial charge in [0.15, 0.2) is 0 Å². The van der Waals surface area contributed by atoms with Crippen molar-refractivity contribution >= 4 is 5.97 Å². The first-order chi connectivity index (χ1) is 7.22. The summed E-state index contributed by atoms with van der Waals surface area (Å²) in [5.41, 5.74) is 0. The van der Waals surface area contributed by atoms with Crippen LogP contribution in [0.15, 0.2) is 12.7 Å². The SMILES string of the molecule is C=CCC(C)C(=O)OCCCCCCC. The zero-order valence-corrected chi connectivity index (χ0v) is 10.1. The second-order valence-corrected chi connectivity index (χ2v) is 4.01. The Kier molecular flexibility index (Phi) is 9.24. The highest BCUT2D eigenvalue weighted by atomic mass is 16.5. The van der Waals surface area contributed by atoms with Crippen LogP contribution in [0.4, 0.5) is 0 Å². The molecular weight excluding hydrogens is 188 g/mol. The number of allylic oxidation sites excluding steroid dienone is 1. The average Bonchev–Trinajstić information content (AvgIpc) is 2.23. The molecule has 0 rings (SSSR count). The first-order valence-electron chi connectivity index (χ1n) is 5.99. The third kappa shape index (κ3) is 8.22. The van der Waals surface area contributed by atoms with E-state index in [1.807, 2.05) is 6.92 Å². The van der Waals surface area contributed by atoms with Crippen molar-refractivity contribution in [3.8, 4) is 0 Å². The maximum Gasteiger partial charge on any atom is 0.308 e. The van der Waals surface area contributed by atoms with Crippen LogP contribution in [0.1, 0.15) is 52.4 Å². The molecule has 0 heterocycles. The van der Waals surface area contributed by atoms with Gasteiger partial charge in [0, 0.05) is 0 Å². The molecule has 0 N–H and O–H groups in total. The largest absolute Gasteiger partial charge is 0.465 e. The second kappa shape index (κ2) is 9.75. The molecule has 88 valence electrons. The molecule has 0 bridgehead atoms. The van der Waals surface area contributed by atoms with E-state index in [0.29, 0.717) is 13.0 Å². The van der Waals surface area contributed by atoms with E-state index in [1.54, 1.807) is 6.08 Å². The van der Waals surface area contributed by atoms with Gasteiger partial charge in [-0.25, -0.2) is 0 Å². The van der Waals surface area contributed by atoms with Crippen LogP contribution < -0.4 is 0 Å². The Hall–Kier alpha value is -0.790. The van der Waals surface area contributed by atoms with Gasteiger partial charge >= 0.3 is 5.97 Å². The molecule has 0 amide bonds. The molecule has 1 unspecified atom stereocenters. The van der Waals surface area contributed by atoms with E-state index < -0.39 is 0 Å². The van der Waals surface area contributed by atoms with Crippen molar-refractivity contribution < 1.29 is 9.53 Å². The number of ether oxygens (including phenoxy) is 1. The molecule has 1 atom stereocenters. The molecule has 0 spiro atoms. The molecule has 2 nitrogen and oxygen atoms in total. The first-order valence-corrected chi connectivity index (χ1v) is 5.99. The molecule has 0 fully saturated rings. The quantitative estimate of drug-likeness (QED) is 0.331. The summed E-state index contributed by atoms with van der Waals surface area (Å²) in [6, 6.07) is 0. The van der Waals surface area contributed by atoms with Gasteiger partial charge in [-0.15, -0.1) is 6.58 Å². The maximum atomic E-state index is 11.4. The Morgan fingerprint density at radius 1 is 1.33 bits per heavy atom. The van der Waals surface area contributed by atoms with Gasteiger partial charge in [0.25, 0.3) is 0 Å². The van der Waals surface area contributed by atoms with Crippen LogP contribution in [0.5, 0.6) is 0 Å². The van der Waals surface area contributed by atoms with Gasteiger partial charge in [0.2, 0.25) is 0 Å². The summed E-state index contributed by atoms with van der Waals surface area (Å²) >= 11 is 0. The molecule has 0 saturated heterocycles. The minimum Gasteiger partial charge on any atom is -0.465 e. The van der Waals surface area contributed by atoms with Crippen LogP contribution in [0.2, 0.25) is 0 Å². The standard InChI is InChI=1S/C13H24O2/c1-4-6-7-8-9-11-15-13(14)12(3)10-5-2/h5,12H,2,4,6-11H2,1,3H3. The molecule has 15 heavy (non-hydrogen) atoms. The van der Waals surface area contributed by atoms with Crippen LogP contribution in [0, 0.1) is 5.92 Å². The van der Waals surface area contributed by atoms with E-state index in [-0.39, 0.29) is 11.9 Å². The minimum absolute atomic E-state index is 0.0434. The number of carbonyl (C=O) groups is 1. The molecule has 0 aromatic heterocycles. The third-order valence-corrected chi connectivity index (χ3v) is 2.41. The van der Waals surface area contributed by atoms with Crippen LogP contribution in [-0.4, -0.2) is 12.6 Å². The smallest absolute Gasteiger partial charge is 0.308 e. The Balaban J connectivity index is 3.34. The molecule has 0 saturated carbocycles. The van der Waals surface area contributed by atoms with Gasteiger partial charge in [-0.3, -0.25) is 4.79 Å². The second-order valence-electron chi connectivity index (χ2n) is 4.01. The van der Waals surface area contributed by atoms with Gasteiger partial charge in [-0.2, -0.15) is 0 Å². The summed E-state index contributed by atoms with van der Waals surface area (Å²) in [5, 5.41) is 0. The fourth-order valence-electron chi connectivity index (χ4n) is 1.37. The lowest BCUT2D eigenvalue weighted by Crippen LogP contribution is -2.14. The summed E-state index contributed by atoms with van der Waals surface area (Å²) in [6.45, 7) is 8.25. The maximum absolute atomic E-state index is 11.4. The molecule has 0 aliphatic carbocycles. The van der Waals surface area contributed by atoms with E-state index >= 15 is 0 Å². The van der Waals surface area contributed by atoms with Gasteiger partial charge in [0.1, 0.15) is 0 Å². The molecule has 0 aromatic carbocycles. The summed E-state index contributed by atoms with van der Waals surface area (Å²) in [5.74, 6) is -0.136. The Morgan fingerprint density at radius 3 is 2.60 bits per heavy atom. The predicted molar refractivity (Wildman–Crippen MR) is 63.7 cm³/mol. The van der Waals surface area contributed by atoms with E-state index in [9.17, 15) is 4.79 Å². The van der Waals surface area contributed by atoms with Crippen LogP contribution in [0.3, 0.4) is 0 Å². The number of unbranched alkanes of at least 4 members (excludes halogenated alkanes) is 4. The van der Waals surface area contributed by atoms with Crippen molar-refractivity contribution in [2.45, 2.75) is 52.4 Å². The Labute approximate surface area is 93.7 Å². The number of carbonyl (C=O) groups excluding carboxylic acids is 1. The van der Waals surface area contributed by atoms with Crippen molar-refractivity contribution in [1.29, 1.82) is 0 Å². The van der Waals surface area contributed by atoms with Gasteiger partial charge in [0.05, 0.1) is 12.5 Å². The van der Waals surface area contributed by atoms with Crippen molar-refractivity contribution in [3.63, 3.8) is 0 Å². The Morgan fingerprint density at radius 2 is 2.00 bits per heavy atom. The number of rotatable bonds is 9. The fourth-order valence-corrected chi connectivity index (χ4v) is 1.37. The molecule has 0 aromatic rings. The van der Waals surface area contributed by atoms with Crippen molar-refractivity contribution in [2.75, 3.05) is 6.61 Å². The molecular formula is C13H24O2. The highest BCUT2D eigenvalue weighted by molar-refractivity contribution is 5.72. The number of hydrogen-bond acceptors (Lipinski definition) is 2. The molecule has 0 radical (unpaired) electrons. The van der Waals surface area contributed by atoms with Crippen molar-refractivity contribution in [3.05, 3.63) is 12.7 Å². The third-order valence-electron chi connectivity index (χ3n) is 2.41. The van der Waals surface area contributed by atoms with E-state index in [2.05, 4.69) is 13.5 Å². The van der Waals surface area contributed by atoms with Crippen LogP contribution in [-0.2, 0) is 9.53 Å². The van der Waals surface area contributed by atoms with E-state index in [4.69, 9.17) is 4.74 Å². The van der Waals surface area contributed by atoms with E-state index in [0.717, 1.165) is 12.8 Å². The number of hydrogen-bond donors (Lipinski definition) is 0. The van der Waals surface area contributed by atoms with E-state index in [1.165, 1.54) is 19.3 Å². The lowest BCUT2D eigenvalue weighted by Gasteiger charge is -2.09. The van der Waals surface area contributed by atoms with Crippen molar-refractivity contribution in [1.82, 2.24) is 0 Å². The van der Waals surface area contributed by atoms with Gasteiger partial charge < -0.3 is 4.74 Å².